The maximum Gasteiger partial charge on any atom is 0.418 e. The van der Waals surface area contributed by atoms with Crippen LogP contribution in [0.4, 0.5) is 28.9 Å². The summed E-state index contributed by atoms with van der Waals surface area (Å²) in [6, 6.07) is 5.54. The van der Waals surface area contributed by atoms with Gasteiger partial charge in [-0.3, -0.25) is 19.6 Å². The number of rotatable bonds is 9. The number of aliphatic imine (C=N–C) groups is 1. The summed E-state index contributed by atoms with van der Waals surface area (Å²) in [6.45, 7) is 3.41. The molecule has 2 aromatic rings. The second-order valence-corrected chi connectivity index (χ2v) is 7.63. The maximum absolute atomic E-state index is 14.0. The maximum atomic E-state index is 14.0. The molecule has 0 atom stereocenters. The largest absolute Gasteiger partial charge is 0.418 e. The van der Waals surface area contributed by atoms with Gasteiger partial charge in [-0.25, -0.2) is 4.39 Å². The van der Waals surface area contributed by atoms with Gasteiger partial charge in [-0.15, -0.1) is 0 Å². The number of pyridine rings is 1. The first-order chi connectivity index (χ1) is 16.6. The Hall–Kier alpha value is -4.22. The molecule has 1 aromatic carbocycles. The molecule has 1 aliphatic carbocycles. The van der Waals surface area contributed by atoms with Crippen molar-refractivity contribution in [2.75, 3.05) is 5.32 Å². The van der Waals surface area contributed by atoms with Crippen molar-refractivity contribution < 1.29 is 27.2 Å². The van der Waals surface area contributed by atoms with E-state index < -0.39 is 40.6 Å². The van der Waals surface area contributed by atoms with Gasteiger partial charge in [-0.2, -0.15) is 13.2 Å². The average molecular weight is 490 g/mol. The third kappa shape index (κ3) is 6.22. The number of nitrogens with one attached hydrogen (secondary N) is 3. The summed E-state index contributed by atoms with van der Waals surface area (Å²) in [7, 11) is 0. The van der Waals surface area contributed by atoms with Gasteiger partial charge >= 0.3 is 6.18 Å². The molecule has 0 bridgehead atoms. The summed E-state index contributed by atoms with van der Waals surface area (Å²) in [5.74, 6) is -2.05. The third-order valence-electron chi connectivity index (χ3n) is 5.14. The Balaban J connectivity index is 1.61. The molecule has 0 radical (unpaired) electrons. The van der Waals surface area contributed by atoms with Crippen LogP contribution in [-0.2, 0) is 22.3 Å². The highest BCUT2D eigenvalue weighted by molar-refractivity contribution is 6.13. The first kappa shape index (κ1) is 25.4. The quantitative estimate of drug-likeness (QED) is 0.244. The smallest absolute Gasteiger partial charge is 0.404 e. The number of carbonyl (C=O) groups is 2. The Morgan fingerprint density at radius 1 is 1.23 bits per heavy atom. The molecule has 0 saturated heterocycles. The number of aromatic nitrogens is 1. The van der Waals surface area contributed by atoms with E-state index in [9.17, 15) is 27.2 Å². The molecule has 5 N–H and O–H groups in total. The predicted molar refractivity (Wildman–Crippen MR) is 122 cm³/mol. The molecule has 1 heterocycles. The zero-order valence-electron chi connectivity index (χ0n) is 18.3. The molecule has 1 aliphatic rings. The lowest BCUT2D eigenvalue weighted by Gasteiger charge is -2.17. The molecule has 0 aliphatic heterocycles. The highest BCUT2D eigenvalue weighted by Gasteiger charge is 2.51. The van der Waals surface area contributed by atoms with Gasteiger partial charge in [0.1, 0.15) is 11.4 Å². The van der Waals surface area contributed by atoms with E-state index in [2.05, 4.69) is 32.5 Å². The van der Waals surface area contributed by atoms with Gasteiger partial charge in [0.25, 0.3) is 5.91 Å². The van der Waals surface area contributed by atoms with Crippen molar-refractivity contribution in [1.29, 1.82) is 0 Å². The first-order valence-corrected chi connectivity index (χ1v) is 10.3. The lowest BCUT2D eigenvalue weighted by atomic mass is 10.1. The monoisotopic (exact) mass is 490 g/mol. The van der Waals surface area contributed by atoms with E-state index in [0.717, 1.165) is 24.4 Å². The molecule has 12 heteroatoms. The second kappa shape index (κ2) is 10.4. The van der Waals surface area contributed by atoms with Gasteiger partial charge in [-0.05, 0) is 37.1 Å². The SMILES string of the molecule is C=C/N=C\C(=C/N)C(=O)NC1(C(=O)NCc2ccc(Nc3c(F)cccc3C(F)(F)F)cn2)CC1. The molecular formula is C23H22F4N6O2. The van der Waals surface area contributed by atoms with Crippen LogP contribution >= 0.6 is 0 Å². The molecule has 8 nitrogen and oxygen atoms in total. The van der Waals surface area contributed by atoms with Gasteiger partial charge in [0, 0.05) is 18.6 Å². The van der Waals surface area contributed by atoms with Crippen LogP contribution in [0.2, 0.25) is 0 Å². The van der Waals surface area contributed by atoms with Crippen LogP contribution in [0.15, 0.2) is 66.1 Å². The number of nitrogens with two attached hydrogens (primary N) is 1. The minimum absolute atomic E-state index is 0.00173. The van der Waals surface area contributed by atoms with Crippen molar-refractivity contribution in [2.45, 2.75) is 31.1 Å². The summed E-state index contributed by atoms with van der Waals surface area (Å²) in [5.41, 5.74) is 3.09. The molecule has 35 heavy (non-hydrogen) atoms. The van der Waals surface area contributed by atoms with Crippen molar-refractivity contribution in [1.82, 2.24) is 15.6 Å². The van der Waals surface area contributed by atoms with Crippen LogP contribution in [0.3, 0.4) is 0 Å². The number of anilines is 2. The van der Waals surface area contributed by atoms with Crippen LogP contribution in [0.25, 0.3) is 0 Å². The number of amides is 2. The van der Waals surface area contributed by atoms with Crippen molar-refractivity contribution in [3.05, 3.63) is 78.2 Å². The normalized spacial score (nSPS) is 14.9. The predicted octanol–water partition coefficient (Wildman–Crippen LogP) is 3.31. The van der Waals surface area contributed by atoms with E-state index in [0.29, 0.717) is 18.5 Å². The summed E-state index contributed by atoms with van der Waals surface area (Å²) in [6.07, 6.45) is 0.859. The van der Waals surface area contributed by atoms with Gasteiger partial charge in [0.2, 0.25) is 5.91 Å². The lowest BCUT2D eigenvalue weighted by molar-refractivity contribution is -0.137. The van der Waals surface area contributed by atoms with Crippen molar-refractivity contribution in [3.8, 4) is 0 Å². The highest BCUT2D eigenvalue weighted by Crippen LogP contribution is 2.37. The average Bonchev–Trinajstić information content (AvgIpc) is 3.60. The molecule has 0 spiro atoms. The van der Waals surface area contributed by atoms with Crippen LogP contribution in [0.1, 0.15) is 24.1 Å². The van der Waals surface area contributed by atoms with E-state index in [1.165, 1.54) is 30.7 Å². The van der Waals surface area contributed by atoms with Crippen LogP contribution in [-0.4, -0.2) is 28.6 Å². The number of carbonyl (C=O) groups excluding carboxylic acids is 2. The zero-order valence-corrected chi connectivity index (χ0v) is 18.3. The molecule has 2 amide bonds. The van der Waals surface area contributed by atoms with E-state index in [4.69, 9.17) is 5.73 Å². The van der Waals surface area contributed by atoms with E-state index in [1.54, 1.807) is 0 Å². The molecular weight excluding hydrogens is 468 g/mol. The van der Waals surface area contributed by atoms with Gasteiger partial charge in [0.05, 0.1) is 40.9 Å². The number of para-hydroxylation sites is 1. The summed E-state index contributed by atoms with van der Waals surface area (Å²) >= 11 is 0. The minimum atomic E-state index is -4.74. The molecule has 184 valence electrons. The summed E-state index contributed by atoms with van der Waals surface area (Å²) in [5, 5.41) is 7.71. The number of nitrogens with zero attached hydrogens (tertiary/aromatic N) is 2. The second-order valence-electron chi connectivity index (χ2n) is 7.63. The van der Waals surface area contributed by atoms with Crippen molar-refractivity contribution in [2.24, 2.45) is 10.7 Å². The molecule has 1 fully saturated rings. The van der Waals surface area contributed by atoms with Gasteiger partial charge in [0.15, 0.2) is 0 Å². The minimum Gasteiger partial charge on any atom is -0.404 e. The number of hydrogen-bond acceptors (Lipinski definition) is 6. The fourth-order valence-electron chi connectivity index (χ4n) is 3.11. The van der Waals surface area contributed by atoms with Crippen LogP contribution < -0.4 is 21.7 Å². The van der Waals surface area contributed by atoms with Gasteiger partial charge in [-0.1, -0.05) is 12.6 Å². The molecule has 1 saturated carbocycles. The fourth-order valence-corrected chi connectivity index (χ4v) is 3.11. The summed E-state index contributed by atoms with van der Waals surface area (Å²) < 4.78 is 53.5. The Kier molecular flexibility index (Phi) is 7.52. The number of halogens is 4. The standard InChI is InChI=1S/C23H22F4N6O2/c1-2-29-11-14(10-28)20(34)33-22(8-9-22)21(35)31-12-15-6-7-16(13-30-15)32-19-17(23(25,26)27)4-3-5-18(19)24/h2-7,10-11,13,32H,1,8-9,12,28H2,(H,31,35)(H,33,34)/b14-10+,29-11-. The lowest BCUT2D eigenvalue weighted by Crippen LogP contribution is -2.49. The topological polar surface area (TPSA) is 121 Å². The molecule has 3 rings (SSSR count). The van der Waals surface area contributed by atoms with Crippen LogP contribution in [0, 0.1) is 5.82 Å². The Morgan fingerprint density at radius 2 is 1.97 bits per heavy atom. The van der Waals surface area contributed by atoms with Crippen LogP contribution in [0.5, 0.6) is 0 Å². The Labute approximate surface area is 198 Å². The number of hydrogen-bond donors (Lipinski definition) is 4. The molecule has 1 aromatic heterocycles. The third-order valence-corrected chi connectivity index (χ3v) is 5.14. The van der Waals surface area contributed by atoms with E-state index >= 15 is 0 Å². The Bertz CT molecular complexity index is 1170. The van der Waals surface area contributed by atoms with E-state index in [-0.39, 0.29) is 17.8 Å². The zero-order chi connectivity index (χ0) is 25.6. The number of alkyl halides is 3. The fraction of sp³-hybridized carbons (Fsp3) is 0.217. The Morgan fingerprint density at radius 3 is 2.54 bits per heavy atom. The summed E-state index contributed by atoms with van der Waals surface area (Å²) in [4.78, 5) is 32.8. The van der Waals surface area contributed by atoms with Gasteiger partial charge < -0.3 is 21.7 Å². The van der Waals surface area contributed by atoms with E-state index in [1.807, 2.05) is 0 Å². The molecule has 0 unspecified atom stereocenters. The first-order valence-electron chi connectivity index (χ1n) is 10.3. The van der Waals surface area contributed by atoms with Crippen molar-refractivity contribution in [3.63, 3.8) is 0 Å². The van der Waals surface area contributed by atoms with Crippen molar-refractivity contribution >= 4 is 29.4 Å². The highest BCUT2D eigenvalue weighted by atomic mass is 19.4. The number of benzene rings is 1.